The van der Waals surface area contributed by atoms with E-state index in [1.807, 2.05) is 40.9 Å². The first-order valence-corrected chi connectivity index (χ1v) is 8.11. The normalized spacial score (nSPS) is 18.7. The Bertz CT molecular complexity index is 604. The van der Waals surface area contributed by atoms with Crippen LogP contribution in [0.2, 0.25) is 5.02 Å². The van der Waals surface area contributed by atoms with E-state index in [0.29, 0.717) is 5.02 Å². The third-order valence-corrected chi connectivity index (χ3v) is 4.67. The molecular formula is C13H14ClN5OS. The van der Waals surface area contributed by atoms with Gasteiger partial charge in [-0.1, -0.05) is 23.7 Å². The van der Waals surface area contributed by atoms with Crippen molar-refractivity contribution in [3.05, 3.63) is 41.2 Å². The average molecular weight is 324 g/mol. The van der Waals surface area contributed by atoms with Crippen molar-refractivity contribution >= 4 is 29.3 Å². The van der Waals surface area contributed by atoms with E-state index in [2.05, 4.69) is 15.5 Å². The van der Waals surface area contributed by atoms with E-state index in [1.54, 1.807) is 0 Å². The van der Waals surface area contributed by atoms with Gasteiger partial charge >= 0.3 is 0 Å². The molecule has 1 amide bonds. The molecule has 1 atom stereocenters. The molecule has 0 unspecified atom stereocenters. The fourth-order valence-corrected chi connectivity index (χ4v) is 3.56. The van der Waals surface area contributed by atoms with Gasteiger partial charge in [0.25, 0.3) is 0 Å². The van der Waals surface area contributed by atoms with Crippen molar-refractivity contribution in [2.75, 3.05) is 18.1 Å². The van der Waals surface area contributed by atoms with Gasteiger partial charge < -0.3 is 4.90 Å². The van der Waals surface area contributed by atoms with Crippen LogP contribution in [0.4, 0.5) is 0 Å². The van der Waals surface area contributed by atoms with Crippen molar-refractivity contribution in [1.82, 2.24) is 25.1 Å². The molecule has 3 rings (SSSR count). The van der Waals surface area contributed by atoms with Gasteiger partial charge in [-0.15, -0.1) is 5.10 Å². The highest BCUT2D eigenvalue weighted by atomic mass is 35.5. The molecule has 1 aromatic heterocycles. The second kappa shape index (κ2) is 6.44. The first-order chi connectivity index (χ1) is 10.2. The second-order valence-electron chi connectivity index (χ2n) is 4.74. The number of hydrogen-bond acceptors (Lipinski definition) is 5. The van der Waals surface area contributed by atoms with Gasteiger partial charge in [0.15, 0.2) is 0 Å². The zero-order valence-corrected chi connectivity index (χ0v) is 12.8. The predicted octanol–water partition coefficient (Wildman–Crippen LogP) is 1.64. The van der Waals surface area contributed by atoms with E-state index in [9.17, 15) is 4.79 Å². The summed E-state index contributed by atoms with van der Waals surface area (Å²) in [6.45, 7) is 0.903. The zero-order valence-electron chi connectivity index (χ0n) is 11.2. The Hall–Kier alpha value is -1.60. The lowest BCUT2D eigenvalue weighted by molar-refractivity contribution is -0.134. The maximum atomic E-state index is 12.5. The molecular weight excluding hydrogens is 310 g/mol. The maximum Gasteiger partial charge on any atom is 0.245 e. The predicted molar refractivity (Wildman–Crippen MR) is 81.0 cm³/mol. The van der Waals surface area contributed by atoms with Gasteiger partial charge in [-0.05, 0) is 28.1 Å². The van der Waals surface area contributed by atoms with Crippen LogP contribution in [0, 0.1) is 0 Å². The fraction of sp³-hybridized carbons (Fsp3) is 0.385. The summed E-state index contributed by atoms with van der Waals surface area (Å²) < 4.78 is 1.45. The molecule has 0 radical (unpaired) electrons. The summed E-state index contributed by atoms with van der Waals surface area (Å²) in [6.07, 6.45) is 1.45. The number of rotatable bonds is 3. The van der Waals surface area contributed by atoms with Crippen LogP contribution in [0.25, 0.3) is 0 Å². The van der Waals surface area contributed by atoms with Crippen LogP contribution in [0.3, 0.4) is 0 Å². The van der Waals surface area contributed by atoms with Crippen LogP contribution in [0.5, 0.6) is 0 Å². The monoisotopic (exact) mass is 323 g/mol. The van der Waals surface area contributed by atoms with Crippen LogP contribution in [-0.4, -0.2) is 49.1 Å². The average Bonchev–Trinajstić information content (AvgIpc) is 3.01. The number of benzene rings is 1. The molecule has 1 aliphatic rings. The van der Waals surface area contributed by atoms with E-state index < -0.39 is 0 Å². The summed E-state index contributed by atoms with van der Waals surface area (Å²) in [7, 11) is 0. The van der Waals surface area contributed by atoms with Crippen LogP contribution in [0.1, 0.15) is 11.6 Å². The van der Waals surface area contributed by atoms with Crippen LogP contribution < -0.4 is 0 Å². The summed E-state index contributed by atoms with van der Waals surface area (Å²) in [5.74, 6) is 1.87. The molecule has 2 aromatic rings. The van der Waals surface area contributed by atoms with E-state index >= 15 is 0 Å². The number of halogens is 1. The molecule has 2 heterocycles. The van der Waals surface area contributed by atoms with E-state index in [4.69, 9.17) is 11.6 Å². The quantitative estimate of drug-likeness (QED) is 0.859. The number of carbonyl (C=O) groups excluding carboxylic acids is 1. The first kappa shape index (κ1) is 14.3. The first-order valence-electron chi connectivity index (χ1n) is 6.57. The molecule has 110 valence electrons. The Morgan fingerprint density at radius 1 is 1.38 bits per heavy atom. The van der Waals surface area contributed by atoms with Gasteiger partial charge in [-0.3, -0.25) is 4.79 Å². The third kappa shape index (κ3) is 3.36. The number of nitrogens with zero attached hydrogens (tertiary/aromatic N) is 5. The Morgan fingerprint density at radius 3 is 2.90 bits per heavy atom. The van der Waals surface area contributed by atoms with Crippen LogP contribution in [0.15, 0.2) is 30.6 Å². The summed E-state index contributed by atoms with van der Waals surface area (Å²) in [6, 6.07) is 7.76. The number of aromatic nitrogens is 4. The van der Waals surface area contributed by atoms with Crippen molar-refractivity contribution < 1.29 is 4.79 Å². The molecule has 1 aromatic carbocycles. The smallest absolute Gasteiger partial charge is 0.245 e. The minimum atomic E-state index is 0.0301. The molecule has 0 saturated carbocycles. The lowest BCUT2D eigenvalue weighted by Gasteiger charge is -2.35. The highest BCUT2D eigenvalue weighted by Crippen LogP contribution is 2.30. The Labute approximate surface area is 131 Å². The van der Waals surface area contributed by atoms with Crippen LogP contribution >= 0.6 is 23.4 Å². The van der Waals surface area contributed by atoms with Gasteiger partial charge in [0, 0.05) is 23.1 Å². The van der Waals surface area contributed by atoms with Gasteiger partial charge in [0.2, 0.25) is 5.91 Å². The molecule has 1 saturated heterocycles. The largest absolute Gasteiger partial charge is 0.332 e. The topological polar surface area (TPSA) is 63.9 Å². The SMILES string of the molecule is O=C(Cn1cnnn1)N1CCSC[C@H]1c1ccc(Cl)cc1. The zero-order chi connectivity index (χ0) is 14.7. The van der Waals surface area contributed by atoms with Gasteiger partial charge in [-0.25, -0.2) is 4.68 Å². The van der Waals surface area contributed by atoms with Crippen molar-refractivity contribution in [3.8, 4) is 0 Å². The fourth-order valence-electron chi connectivity index (χ4n) is 2.35. The Balaban J connectivity index is 1.77. The molecule has 1 aliphatic heterocycles. The molecule has 0 spiro atoms. The molecule has 0 aliphatic carbocycles. The van der Waals surface area contributed by atoms with Crippen molar-refractivity contribution in [3.63, 3.8) is 0 Å². The number of amides is 1. The lowest BCUT2D eigenvalue weighted by Crippen LogP contribution is -2.42. The number of carbonyl (C=O) groups is 1. The highest BCUT2D eigenvalue weighted by molar-refractivity contribution is 7.99. The molecule has 1 fully saturated rings. The second-order valence-corrected chi connectivity index (χ2v) is 6.32. The minimum absolute atomic E-state index is 0.0301. The minimum Gasteiger partial charge on any atom is -0.332 e. The summed E-state index contributed by atoms with van der Waals surface area (Å²) in [4.78, 5) is 14.4. The summed E-state index contributed by atoms with van der Waals surface area (Å²) in [5, 5.41) is 11.5. The van der Waals surface area contributed by atoms with Gasteiger partial charge in [0.05, 0.1) is 6.04 Å². The number of thioether (sulfide) groups is 1. The van der Waals surface area contributed by atoms with E-state index in [-0.39, 0.29) is 18.5 Å². The number of tetrazole rings is 1. The Kier molecular flexibility index (Phi) is 4.40. The van der Waals surface area contributed by atoms with Crippen molar-refractivity contribution in [2.45, 2.75) is 12.6 Å². The Morgan fingerprint density at radius 2 is 2.19 bits per heavy atom. The van der Waals surface area contributed by atoms with Crippen molar-refractivity contribution in [1.29, 1.82) is 0 Å². The van der Waals surface area contributed by atoms with Crippen molar-refractivity contribution in [2.24, 2.45) is 0 Å². The van der Waals surface area contributed by atoms with Crippen LogP contribution in [-0.2, 0) is 11.3 Å². The molecule has 6 nitrogen and oxygen atoms in total. The van der Waals surface area contributed by atoms with Gasteiger partial charge in [-0.2, -0.15) is 11.8 Å². The lowest BCUT2D eigenvalue weighted by atomic mass is 10.1. The molecule has 21 heavy (non-hydrogen) atoms. The summed E-state index contributed by atoms with van der Waals surface area (Å²) >= 11 is 7.79. The molecule has 0 N–H and O–H groups in total. The highest BCUT2D eigenvalue weighted by Gasteiger charge is 2.28. The number of hydrogen-bond donors (Lipinski definition) is 0. The summed E-state index contributed by atoms with van der Waals surface area (Å²) in [5.41, 5.74) is 1.11. The molecule has 8 heteroatoms. The van der Waals surface area contributed by atoms with Gasteiger partial charge in [0.1, 0.15) is 12.9 Å². The maximum absolute atomic E-state index is 12.5. The van der Waals surface area contributed by atoms with E-state index in [0.717, 1.165) is 23.6 Å². The third-order valence-electron chi connectivity index (χ3n) is 3.39. The standard InChI is InChI=1S/C13H14ClN5OS/c14-11-3-1-10(2-4-11)12-8-21-6-5-19(12)13(20)7-18-9-15-16-17-18/h1-4,9,12H,5-8H2/t12-/m0/s1. The van der Waals surface area contributed by atoms with E-state index in [1.165, 1.54) is 11.0 Å². The molecule has 0 bridgehead atoms.